The Morgan fingerprint density at radius 3 is 2.71 bits per heavy atom. The molecule has 1 fully saturated rings. The van der Waals surface area contributed by atoms with Crippen molar-refractivity contribution < 1.29 is 18.0 Å². The summed E-state index contributed by atoms with van der Waals surface area (Å²) >= 11 is 1.24. The molecule has 1 aliphatic rings. The second-order valence-electron chi connectivity index (χ2n) is 8.40. The number of amides is 1. The predicted molar refractivity (Wildman–Crippen MR) is 128 cm³/mol. The molecule has 1 saturated heterocycles. The van der Waals surface area contributed by atoms with E-state index < -0.39 is 11.8 Å². The highest BCUT2D eigenvalue weighted by molar-refractivity contribution is 7.98. The maximum atomic E-state index is 14.0. The number of nitrogens with zero attached hydrogens (tertiary/aromatic N) is 4. The Hall–Kier alpha value is -3.01. The minimum Gasteiger partial charge on any atom is -0.356 e. The highest BCUT2D eigenvalue weighted by atomic mass is 32.2. The van der Waals surface area contributed by atoms with E-state index in [0.29, 0.717) is 40.5 Å². The standard InChI is InChI=1S/C24H26F3N5OS/c1-15-18(16-12-29-31(2)14-16)13-28-22(32-9-4-7-24(26,27)8-10-32)21(15)23(33)30-17-5-6-19(25)20(11-17)34-3/h5-6,11-14H,4,7-10H2,1-3H3,(H,30,33). The van der Waals surface area contributed by atoms with Crippen molar-refractivity contribution in [2.45, 2.75) is 37.0 Å². The van der Waals surface area contributed by atoms with Gasteiger partial charge in [0.05, 0.1) is 11.8 Å². The van der Waals surface area contributed by atoms with Gasteiger partial charge in [0.2, 0.25) is 5.92 Å². The van der Waals surface area contributed by atoms with E-state index >= 15 is 0 Å². The van der Waals surface area contributed by atoms with E-state index in [1.54, 1.807) is 41.3 Å². The topological polar surface area (TPSA) is 63.1 Å². The van der Waals surface area contributed by atoms with Gasteiger partial charge in [0.1, 0.15) is 11.6 Å². The number of hydrogen-bond donors (Lipinski definition) is 1. The Balaban J connectivity index is 1.76. The number of rotatable bonds is 5. The fraction of sp³-hybridized carbons (Fsp3) is 0.375. The van der Waals surface area contributed by atoms with Crippen LogP contribution in [0.25, 0.3) is 11.1 Å². The number of halogens is 3. The summed E-state index contributed by atoms with van der Waals surface area (Å²) in [7, 11) is 1.80. The normalized spacial score (nSPS) is 15.8. The molecule has 4 rings (SSSR count). The minimum absolute atomic E-state index is 0.0964. The van der Waals surface area contributed by atoms with Gasteiger partial charge in [0, 0.05) is 67.1 Å². The van der Waals surface area contributed by atoms with Gasteiger partial charge in [-0.15, -0.1) is 11.8 Å². The lowest BCUT2D eigenvalue weighted by Crippen LogP contribution is -2.30. The maximum Gasteiger partial charge on any atom is 0.259 e. The molecule has 0 radical (unpaired) electrons. The summed E-state index contributed by atoms with van der Waals surface area (Å²) in [5, 5.41) is 7.04. The molecule has 0 unspecified atom stereocenters. The molecule has 2 aromatic heterocycles. The maximum absolute atomic E-state index is 14.0. The smallest absolute Gasteiger partial charge is 0.259 e. The van der Waals surface area contributed by atoms with Gasteiger partial charge in [-0.1, -0.05) is 0 Å². The first-order valence-corrected chi connectivity index (χ1v) is 12.2. The molecule has 34 heavy (non-hydrogen) atoms. The number of aryl methyl sites for hydroxylation is 1. The van der Waals surface area contributed by atoms with Crippen LogP contribution in [0.3, 0.4) is 0 Å². The molecule has 0 aliphatic carbocycles. The van der Waals surface area contributed by atoms with E-state index in [9.17, 15) is 18.0 Å². The van der Waals surface area contributed by atoms with Crippen molar-refractivity contribution >= 4 is 29.2 Å². The van der Waals surface area contributed by atoms with E-state index in [1.165, 1.54) is 23.9 Å². The molecule has 0 bridgehead atoms. The Kier molecular flexibility index (Phi) is 6.88. The lowest BCUT2D eigenvalue weighted by atomic mass is 9.99. The van der Waals surface area contributed by atoms with Crippen LogP contribution in [-0.4, -0.2) is 45.9 Å². The number of pyridine rings is 1. The number of carbonyl (C=O) groups excluding carboxylic acids is 1. The van der Waals surface area contributed by atoms with Crippen LogP contribution in [0, 0.1) is 12.7 Å². The zero-order valence-electron chi connectivity index (χ0n) is 19.2. The molecule has 1 N–H and O–H groups in total. The first-order valence-electron chi connectivity index (χ1n) is 10.9. The molecule has 1 aromatic carbocycles. The second kappa shape index (κ2) is 9.69. The van der Waals surface area contributed by atoms with E-state index in [2.05, 4.69) is 15.4 Å². The third kappa shape index (κ3) is 5.06. The molecular formula is C24H26F3N5OS. The largest absolute Gasteiger partial charge is 0.356 e. The van der Waals surface area contributed by atoms with Gasteiger partial charge in [-0.2, -0.15) is 5.10 Å². The van der Waals surface area contributed by atoms with Crippen LogP contribution >= 0.6 is 11.8 Å². The molecule has 0 atom stereocenters. The van der Waals surface area contributed by atoms with Crippen LogP contribution in [0.2, 0.25) is 0 Å². The van der Waals surface area contributed by atoms with Crippen LogP contribution in [0.5, 0.6) is 0 Å². The molecule has 0 saturated carbocycles. The lowest BCUT2D eigenvalue weighted by molar-refractivity contribution is -0.0102. The molecule has 0 spiro atoms. The van der Waals surface area contributed by atoms with Crippen LogP contribution < -0.4 is 10.2 Å². The third-order valence-electron chi connectivity index (χ3n) is 5.99. The molecular weight excluding hydrogens is 463 g/mol. The van der Waals surface area contributed by atoms with Gasteiger partial charge >= 0.3 is 0 Å². The molecule has 3 heterocycles. The van der Waals surface area contributed by atoms with Gasteiger partial charge in [-0.05, 0) is 43.4 Å². The van der Waals surface area contributed by atoms with Crippen LogP contribution in [-0.2, 0) is 7.05 Å². The minimum atomic E-state index is -2.73. The van der Waals surface area contributed by atoms with E-state index in [4.69, 9.17) is 0 Å². The van der Waals surface area contributed by atoms with E-state index in [-0.39, 0.29) is 25.2 Å². The Morgan fingerprint density at radius 2 is 2.00 bits per heavy atom. The zero-order valence-corrected chi connectivity index (χ0v) is 20.1. The summed E-state index contributed by atoms with van der Waals surface area (Å²) in [5.41, 5.74) is 2.93. The summed E-state index contributed by atoms with van der Waals surface area (Å²) in [5.74, 6) is -3.16. The summed E-state index contributed by atoms with van der Waals surface area (Å²) in [6, 6.07) is 4.36. The number of anilines is 2. The van der Waals surface area contributed by atoms with Gasteiger partial charge < -0.3 is 10.2 Å². The van der Waals surface area contributed by atoms with Crippen molar-refractivity contribution in [1.29, 1.82) is 0 Å². The number of aromatic nitrogens is 3. The summed E-state index contributed by atoms with van der Waals surface area (Å²) in [6.45, 7) is 2.29. The highest BCUT2D eigenvalue weighted by Gasteiger charge is 2.33. The van der Waals surface area contributed by atoms with Crippen molar-refractivity contribution in [2.75, 3.05) is 29.6 Å². The molecule has 6 nitrogen and oxygen atoms in total. The average molecular weight is 490 g/mol. The summed E-state index contributed by atoms with van der Waals surface area (Å²) < 4.78 is 43.6. The number of benzene rings is 1. The monoisotopic (exact) mass is 489 g/mol. The quantitative estimate of drug-likeness (QED) is 0.478. The van der Waals surface area contributed by atoms with Gasteiger partial charge in [0.15, 0.2) is 0 Å². The summed E-state index contributed by atoms with van der Waals surface area (Å²) in [4.78, 5) is 20.3. The number of carbonyl (C=O) groups is 1. The Labute approximate surface area is 200 Å². The Morgan fingerprint density at radius 1 is 1.21 bits per heavy atom. The fourth-order valence-electron chi connectivity index (χ4n) is 4.16. The Bertz CT molecular complexity index is 1210. The average Bonchev–Trinajstić information content (AvgIpc) is 3.13. The second-order valence-corrected chi connectivity index (χ2v) is 9.25. The SMILES string of the molecule is CSc1cc(NC(=O)c2c(N3CCCC(F)(F)CC3)ncc(-c3cnn(C)c3)c2C)ccc1F. The highest BCUT2D eigenvalue weighted by Crippen LogP contribution is 2.34. The van der Waals surface area contributed by atoms with Gasteiger partial charge in [-0.3, -0.25) is 9.48 Å². The van der Waals surface area contributed by atoms with Crippen molar-refractivity contribution in [3.05, 3.63) is 53.7 Å². The number of hydrogen-bond acceptors (Lipinski definition) is 5. The predicted octanol–water partition coefficient (Wildman–Crippen LogP) is 5.53. The number of nitrogens with one attached hydrogen (secondary N) is 1. The molecule has 10 heteroatoms. The van der Waals surface area contributed by atoms with E-state index in [0.717, 1.165) is 11.1 Å². The summed E-state index contributed by atoms with van der Waals surface area (Å²) in [6.07, 6.45) is 6.73. The molecule has 1 aliphatic heterocycles. The first kappa shape index (κ1) is 24.1. The van der Waals surface area contributed by atoms with Crippen molar-refractivity contribution in [2.24, 2.45) is 7.05 Å². The molecule has 3 aromatic rings. The zero-order chi connectivity index (χ0) is 24.5. The number of thioether (sulfide) groups is 1. The van der Waals surface area contributed by atoms with E-state index in [1.807, 2.05) is 13.1 Å². The molecule has 180 valence electrons. The van der Waals surface area contributed by atoms with Crippen LogP contribution in [0.15, 0.2) is 41.7 Å². The van der Waals surface area contributed by atoms with Crippen LogP contribution in [0.1, 0.15) is 35.2 Å². The van der Waals surface area contributed by atoms with Gasteiger partial charge in [-0.25, -0.2) is 18.2 Å². The van der Waals surface area contributed by atoms with Crippen LogP contribution in [0.4, 0.5) is 24.7 Å². The van der Waals surface area contributed by atoms with Gasteiger partial charge in [0.25, 0.3) is 5.91 Å². The fourth-order valence-corrected chi connectivity index (χ4v) is 4.67. The number of alkyl halides is 2. The van der Waals surface area contributed by atoms with Crippen molar-refractivity contribution in [1.82, 2.24) is 14.8 Å². The van der Waals surface area contributed by atoms with Crippen molar-refractivity contribution in [3.8, 4) is 11.1 Å². The first-order chi connectivity index (χ1) is 16.2. The lowest BCUT2D eigenvalue weighted by Gasteiger charge is -2.26. The van der Waals surface area contributed by atoms with Crippen molar-refractivity contribution in [3.63, 3.8) is 0 Å². The molecule has 1 amide bonds. The third-order valence-corrected chi connectivity index (χ3v) is 6.74.